The van der Waals surface area contributed by atoms with E-state index in [1.807, 2.05) is 23.0 Å². The molecule has 4 aromatic rings. The van der Waals surface area contributed by atoms with Crippen LogP contribution in [0.4, 0.5) is 5.69 Å². The van der Waals surface area contributed by atoms with Crippen molar-refractivity contribution in [3.05, 3.63) is 90.4 Å². The Morgan fingerprint density at radius 3 is 2.32 bits per heavy atom. The molecule has 2 aromatic carbocycles. The minimum absolute atomic E-state index is 0.0865. The summed E-state index contributed by atoms with van der Waals surface area (Å²) in [6.07, 6.45) is 6.78. The fourth-order valence-electron chi connectivity index (χ4n) is 4.20. The van der Waals surface area contributed by atoms with Gasteiger partial charge in [0.25, 0.3) is 0 Å². The quantitative estimate of drug-likeness (QED) is 0.221. The number of amides is 1. The lowest BCUT2D eigenvalue weighted by atomic mass is 9.87. The predicted octanol–water partition coefficient (Wildman–Crippen LogP) is 4.43. The van der Waals surface area contributed by atoms with Gasteiger partial charge in [-0.3, -0.25) is 9.78 Å². The number of benzene rings is 2. The molecule has 2 aromatic heterocycles. The van der Waals surface area contributed by atoms with Gasteiger partial charge in [-0.05, 0) is 72.3 Å². The van der Waals surface area contributed by atoms with Crippen LogP contribution in [-0.2, 0) is 16.6 Å². The number of nitrogens with one attached hydrogen (secondary N) is 2. The number of rotatable bonds is 11. The molecule has 2 heterocycles. The van der Waals surface area contributed by atoms with Crippen molar-refractivity contribution in [1.82, 2.24) is 20.1 Å². The molecule has 0 aliphatic rings. The van der Waals surface area contributed by atoms with Crippen LogP contribution >= 0.6 is 0 Å². The van der Waals surface area contributed by atoms with Gasteiger partial charge in [-0.1, -0.05) is 45.0 Å². The lowest BCUT2D eigenvalue weighted by Crippen LogP contribution is -2.43. The zero-order valence-electron chi connectivity index (χ0n) is 22.2. The van der Waals surface area contributed by atoms with E-state index in [4.69, 9.17) is 10.8 Å². The smallest absolute Gasteiger partial charge is 0.234 e. The molecule has 0 spiro atoms. The van der Waals surface area contributed by atoms with Gasteiger partial charge < -0.3 is 21.5 Å². The highest BCUT2D eigenvalue weighted by Gasteiger charge is 2.17. The molecule has 8 nitrogen and oxygen atoms in total. The van der Waals surface area contributed by atoms with Crippen molar-refractivity contribution in [2.45, 2.75) is 45.1 Å². The number of hydrogen-bond donors (Lipinski definition) is 4. The van der Waals surface area contributed by atoms with Crippen LogP contribution in [0, 0.1) is 0 Å². The zero-order valence-corrected chi connectivity index (χ0v) is 22.2. The number of nitrogens with zero attached hydrogens (tertiary/aromatic N) is 3. The molecule has 0 bridgehead atoms. The number of phenols is 1. The third kappa shape index (κ3) is 6.98. The number of hydrogen-bond acceptors (Lipinski definition) is 6. The Morgan fingerprint density at radius 1 is 1.00 bits per heavy atom. The molecular weight excluding hydrogens is 476 g/mol. The Kier molecular flexibility index (Phi) is 8.43. The summed E-state index contributed by atoms with van der Waals surface area (Å²) in [6, 6.07) is 18.7. The molecule has 0 aliphatic heterocycles. The highest BCUT2D eigenvalue weighted by molar-refractivity contribution is 5.80. The van der Waals surface area contributed by atoms with Gasteiger partial charge in [-0.2, -0.15) is 5.10 Å². The van der Waals surface area contributed by atoms with Gasteiger partial charge >= 0.3 is 0 Å². The van der Waals surface area contributed by atoms with Crippen LogP contribution in [0.2, 0.25) is 0 Å². The maximum atomic E-state index is 11.9. The average molecular weight is 513 g/mol. The second-order valence-electron chi connectivity index (χ2n) is 10.4. The van der Waals surface area contributed by atoms with E-state index < -0.39 is 11.9 Å². The Balaban J connectivity index is 1.41. The first-order chi connectivity index (χ1) is 18.2. The molecule has 0 radical (unpaired) electrons. The molecule has 38 heavy (non-hydrogen) atoms. The van der Waals surface area contributed by atoms with E-state index in [0.29, 0.717) is 19.5 Å². The van der Waals surface area contributed by atoms with E-state index >= 15 is 0 Å². The summed E-state index contributed by atoms with van der Waals surface area (Å²) in [4.78, 5) is 16.1. The Labute approximate surface area is 223 Å². The maximum absolute atomic E-state index is 11.9. The van der Waals surface area contributed by atoms with Crippen LogP contribution in [-0.4, -0.2) is 44.9 Å². The highest BCUT2D eigenvalue weighted by Crippen LogP contribution is 2.28. The Morgan fingerprint density at radius 2 is 1.68 bits per heavy atom. The van der Waals surface area contributed by atoms with Gasteiger partial charge in [-0.25, -0.2) is 4.68 Å². The predicted molar refractivity (Wildman–Crippen MR) is 151 cm³/mol. The fraction of sp³-hybridized carbons (Fsp3) is 0.300. The summed E-state index contributed by atoms with van der Waals surface area (Å²) in [5.74, 6) is -0.204. The molecular formula is C30H36N6O2. The molecule has 0 saturated heterocycles. The highest BCUT2D eigenvalue weighted by atomic mass is 16.3. The first-order valence-corrected chi connectivity index (χ1v) is 12.9. The standard InChI is InChI=1S/C30H36N6O2/c1-30(2,3)23-7-9-24(10-8-23)36-20-27(28(35-36)22-13-17-32-18-14-22)34-16-4-15-33-26(29(31)38)19-21-5-11-25(37)12-6-21/h5-14,17-18,20,26,33-34,37H,4,15-16,19H2,1-3H3,(H2,31,38)/t26-/m0/s1. The molecule has 198 valence electrons. The summed E-state index contributed by atoms with van der Waals surface area (Å²) in [5, 5.41) is 21.1. The fourth-order valence-corrected chi connectivity index (χ4v) is 4.20. The number of anilines is 1. The van der Waals surface area contributed by atoms with E-state index in [-0.39, 0.29) is 11.2 Å². The first-order valence-electron chi connectivity index (χ1n) is 12.9. The summed E-state index contributed by atoms with van der Waals surface area (Å²) in [7, 11) is 0. The van der Waals surface area contributed by atoms with Crippen LogP contribution in [0.15, 0.2) is 79.3 Å². The number of nitrogens with two attached hydrogens (primary N) is 1. The molecule has 0 unspecified atom stereocenters. The van der Waals surface area contributed by atoms with Crippen molar-refractivity contribution < 1.29 is 9.90 Å². The summed E-state index contributed by atoms with van der Waals surface area (Å²) >= 11 is 0. The molecule has 1 atom stereocenters. The Bertz CT molecular complexity index is 1330. The third-order valence-corrected chi connectivity index (χ3v) is 6.45. The first kappa shape index (κ1) is 26.9. The number of aromatic nitrogens is 3. The van der Waals surface area contributed by atoms with Crippen molar-refractivity contribution >= 4 is 11.6 Å². The van der Waals surface area contributed by atoms with Gasteiger partial charge in [0.05, 0.1) is 23.6 Å². The van der Waals surface area contributed by atoms with Crippen LogP contribution in [0.3, 0.4) is 0 Å². The van der Waals surface area contributed by atoms with E-state index in [1.165, 1.54) is 5.56 Å². The van der Waals surface area contributed by atoms with Gasteiger partial charge in [0.15, 0.2) is 0 Å². The van der Waals surface area contributed by atoms with E-state index in [1.54, 1.807) is 36.7 Å². The SMILES string of the molecule is CC(C)(C)c1ccc(-n2cc(NCCCN[C@@H](Cc3ccc(O)cc3)C(N)=O)c(-c3ccncc3)n2)cc1. The molecule has 1 amide bonds. The third-order valence-electron chi connectivity index (χ3n) is 6.45. The summed E-state index contributed by atoms with van der Waals surface area (Å²) < 4.78 is 1.89. The van der Waals surface area contributed by atoms with Crippen molar-refractivity contribution in [2.24, 2.45) is 5.73 Å². The largest absolute Gasteiger partial charge is 0.508 e. The number of carbonyl (C=O) groups is 1. The lowest BCUT2D eigenvalue weighted by Gasteiger charge is -2.19. The molecule has 0 saturated carbocycles. The minimum Gasteiger partial charge on any atom is -0.508 e. The van der Waals surface area contributed by atoms with Gasteiger partial charge in [0.1, 0.15) is 11.4 Å². The van der Waals surface area contributed by atoms with E-state index in [9.17, 15) is 9.90 Å². The van der Waals surface area contributed by atoms with Crippen molar-refractivity contribution in [1.29, 1.82) is 0 Å². The average Bonchev–Trinajstić information content (AvgIpc) is 3.33. The number of aromatic hydroxyl groups is 1. The van der Waals surface area contributed by atoms with E-state index in [0.717, 1.165) is 34.6 Å². The van der Waals surface area contributed by atoms with Crippen molar-refractivity contribution in [3.63, 3.8) is 0 Å². The molecule has 5 N–H and O–H groups in total. The number of pyridine rings is 1. The van der Waals surface area contributed by atoms with Crippen molar-refractivity contribution in [3.8, 4) is 22.7 Å². The summed E-state index contributed by atoms with van der Waals surface area (Å²) in [6.45, 7) is 7.91. The minimum atomic E-state index is -0.481. The number of phenolic OH excluding ortho intramolecular Hbond substituents is 1. The van der Waals surface area contributed by atoms with Gasteiger partial charge in [0, 0.05) is 24.5 Å². The number of carbonyl (C=O) groups excluding carboxylic acids is 1. The van der Waals surface area contributed by atoms with Gasteiger partial charge in [0.2, 0.25) is 5.91 Å². The number of primary amides is 1. The van der Waals surface area contributed by atoms with Crippen LogP contribution < -0.4 is 16.4 Å². The maximum Gasteiger partial charge on any atom is 0.234 e. The van der Waals surface area contributed by atoms with E-state index in [2.05, 4.69) is 60.7 Å². The van der Waals surface area contributed by atoms with Crippen LogP contribution in [0.5, 0.6) is 5.75 Å². The monoisotopic (exact) mass is 512 g/mol. The second-order valence-corrected chi connectivity index (χ2v) is 10.4. The lowest BCUT2D eigenvalue weighted by molar-refractivity contribution is -0.120. The van der Waals surface area contributed by atoms with Crippen LogP contribution in [0.1, 0.15) is 38.3 Å². The van der Waals surface area contributed by atoms with Crippen LogP contribution in [0.25, 0.3) is 16.9 Å². The second kappa shape index (κ2) is 11.9. The van der Waals surface area contributed by atoms with Crippen molar-refractivity contribution in [2.75, 3.05) is 18.4 Å². The molecule has 8 heteroatoms. The normalized spacial score (nSPS) is 12.3. The Hall–Kier alpha value is -4.17. The molecule has 0 fully saturated rings. The zero-order chi connectivity index (χ0) is 27.1. The van der Waals surface area contributed by atoms with Gasteiger partial charge in [-0.15, -0.1) is 0 Å². The molecule has 4 rings (SSSR count). The summed E-state index contributed by atoms with van der Waals surface area (Å²) in [5.41, 5.74) is 11.6. The topological polar surface area (TPSA) is 118 Å². The molecule has 0 aliphatic carbocycles.